The van der Waals surface area contributed by atoms with Gasteiger partial charge >= 0.3 is 5.69 Å². The second-order valence-electron chi connectivity index (χ2n) is 5.23. The van der Waals surface area contributed by atoms with Crippen LogP contribution in [0.25, 0.3) is 0 Å². The highest BCUT2D eigenvalue weighted by molar-refractivity contribution is 7.90. The van der Waals surface area contributed by atoms with Crippen molar-refractivity contribution in [2.24, 2.45) is 0 Å². The molecule has 0 aliphatic heterocycles. The fraction of sp³-hybridized carbons (Fsp3) is 0.667. The van der Waals surface area contributed by atoms with E-state index in [-0.39, 0.29) is 23.4 Å². The number of hydrogen-bond donors (Lipinski definition) is 1. The SMILES string of the molecule is CS(=O)(=O)CCn1c(=O)[nH]c(Cl)c(C2CCCC2)c1=O. The quantitative estimate of drug-likeness (QED) is 0.834. The van der Waals surface area contributed by atoms with Gasteiger partial charge in [-0.15, -0.1) is 0 Å². The number of hydrogen-bond acceptors (Lipinski definition) is 4. The van der Waals surface area contributed by atoms with Crippen molar-refractivity contribution in [1.29, 1.82) is 0 Å². The van der Waals surface area contributed by atoms with Crippen LogP contribution in [0.1, 0.15) is 37.2 Å². The lowest BCUT2D eigenvalue weighted by molar-refractivity contribution is 0.584. The molecule has 0 bridgehead atoms. The lowest BCUT2D eigenvalue weighted by Crippen LogP contribution is -2.39. The molecule has 0 unspecified atom stereocenters. The summed E-state index contributed by atoms with van der Waals surface area (Å²) in [5.41, 5.74) is -0.711. The highest BCUT2D eigenvalue weighted by Crippen LogP contribution is 2.34. The molecule has 1 aliphatic carbocycles. The second-order valence-corrected chi connectivity index (χ2v) is 7.86. The minimum atomic E-state index is -3.24. The van der Waals surface area contributed by atoms with E-state index in [0.717, 1.165) is 36.5 Å². The molecule has 0 aromatic carbocycles. The number of nitrogens with zero attached hydrogens (tertiary/aromatic N) is 1. The van der Waals surface area contributed by atoms with Crippen LogP contribution < -0.4 is 11.2 Å². The molecule has 0 radical (unpaired) electrons. The maximum absolute atomic E-state index is 12.4. The van der Waals surface area contributed by atoms with Crippen molar-refractivity contribution in [2.45, 2.75) is 38.1 Å². The Morgan fingerprint density at radius 1 is 1.30 bits per heavy atom. The maximum Gasteiger partial charge on any atom is 0.329 e. The zero-order chi connectivity index (χ0) is 14.9. The minimum absolute atomic E-state index is 0.0522. The molecule has 0 amide bonds. The molecule has 6 nitrogen and oxygen atoms in total. The Morgan fingerprint density at radius 3 is 2.45 bits per heavy atom. The Labute approximate surface area is 121 Å². The number of H-pyrrole nitrogens is 1. The van der Waals surface area contributed by atoms with Gasteiger partial charge in [0, 0.05) is 12.8 Å². The number of halogens is 1. The molecule has 1 aromatic rings. The van der Waals surface area contributed by atoms with Crippen LogP contribution in [0.15, 0.2) is 9.59 Å². The largest absolute Gasteiger partial charge is 0.329 e. The van der Waals surface area contributed by atoms with E-state index in [4.69, 9.17) is 11.6 Å². The van der Waals surface area contributed by atoms with Crippen LogP contribution in [0, 0.1) is 0 Å². The first-order chi connectivity index (χ1) is 9.29. The van der Waals surface area contributed by atoms with Gasteiger partial charge in [0.05, 0.1) is 11.3 Å². The molecular weight excluding hydrogens is 304 g/mol. The number of nitrogens with one attached hydrogen (secondary N) is 1. The number of aromatic nitrogens is 2. The van der Waals surface area contributed by atoms with Crippen molar-refractivity contribution in [3.8, 4) is 0 Å². The summed E-state index contributed by atoms with van der Waals surface area (Å²) in [6.07, 6.45) is 4.87. The minimum Gasteiger partial charge on any atom is -0.297 e. The van der Waals surface area contributed by atoms with E-state index < -0.39 is 21.1 Å². The molecule has 1 aliphatic rings. The van der Waals surface area contributed by atoms with Crippen LogP contribution in [-0.2, 0) is 16.4 Å². The molecule has 1 saturated carbocycles. The van der Waals surface area contributed by atoms with E-state index in [9.17, 15) is 18.0 Å². The molecule has 2 rings (SSSR count). The summed E-state index contributed by atoms with van der Waals surface area (Å²) < 4.78 is 23.3. The van der Waals surface area contributed by atoms with Crippen molar-refractivity contribution < 1.29 is 8.42 Å². The van der Waals surface area contributed by atoms with E-state index >= 15 is 0 Å². The molecule has 0 spiro atoms. The first kappa shape index (κ1) is 15.3. The molecule has 112 valence electrons. The summed E-state index contributed by atoms with van der Waals surface area (Å²) >= 11 is 5.99. The van der Waals surface area contributed by atoms with E-state index in [0.29, 0.717) is 5.56 Å². The van der Waals surface area contributed by atoms with Gasteiger partial charge in [-0.2, -0.15) is 0 Å². The molecule has 0 atom stereocenters. The third-order valence-electron chi connectivity index (χ3n) is 3.62. The van der Waals surface area contributed by atoms with Gasteiger partial charge in [-0.25, -0.2) is 13.2 Å². The summed E-state index contributed by atoms with van der Waals surface area (Å²) in [6.45, 7) is -0.149. The van der Waals surface area contributed by atoms with Gasteiger partial charge in [-0.05, 0) is 18.8 Å². The fourth-order valence-corrected chi connectivity index (χ4v) is 3.42. The first-order valence-corrected chi connectivity index (χ1v) is 8.93. The van der Waals surface area contributed by atoms with Gasteiger partial charge in [0.15, 0.2) is 0 Å². The zero-order valence-corrected chi connectivity index (χ0v) is 12.8. The number of aromatic amines is 1. The third-order valence-corrected chi connectivity index (χ3v) is 4.85. The van der Waals surface area contributed by atoms with Crippen LogP contribution in [0.3, 0.4) is 0 Å². The Hall–Kier alpha value is -1.08. The summed E-state index contributed by atoms with van der Waals surface area (Å²) in [5, 5.41) is 0.0857. The van der Waals surface area contributed by atoms with Crippen LogP contribution in [-0.4, -0.2) is 30.0 Å². The Balaban J connectivity index is 2.44. The maximum atomic E-state index is 12.4. The summed E-state index contributed by atoms with van der Waals surface area (Å²) in [4.78, 5) is 26.6. The van der Waals surface area contributed by atoms with Gasteiger partial charge in [-0.3, -0.25) is 14.3 Å². The monoisotopic (exact) mass is 320 g/mol. The molecule has 20 heavy (non-hydrogen) atoms. The van der Waals surface area contributed by atoms with Crippen LogP contribution in [0.2, 0.25) is 5.15 Å². The summed E-state index contributed by atoms with van der Waals surface area (Å²) in [7, 11) is -3.24. The highest BCUT2D eigenvalue weighted by atomic mass is 35.5. The topological polar surface area (TPSA) is 89.0 Å². The van der Waals surface area contributed by atoms with Gasteiger partial charge in [0.1, 0.15) is 15.0 Å². The average Bonchev–Trinajstić information content (AvgIpc) is 2.80. The van der Waals surface area contributed by atoms with Crippen molar-refractivity contribution in [2.75, 3.05) is 12.0 Å². The van der Waals surface area contributed by atoms with Gasteiger partial charge < -0.3 is 0 Å². The molecule has 1 fully saturated rings. The van der Waals surface area contributed by atoms with Crippen molar-refractivity contribution in [3.05, 3.63) is 31.6 Å². The Bertz CT molecular complexity index is 714. The first-order valence-electron chi connectivity index (χ1n) is 6.50. The fourth-order valence-electron chi connectivity index (χ4n) is 2.59. The average molecular weight is 321 g/mol. The van der Waals surface area contributed by atoms with Gasteiger partial charge in [0.25, 0.3) is 5.56 Å². The number of sulfone groups is 1. The zero-order valence-electron chi connectivity index (χ0n) is 11.2. The van der Waals surface area contributed by atoms with Crippen LogP contribution in [0.4, 0.5) is 0 Å². The molecule has 1 N–H and O–H groups in total. The number of rotatable bonds is 4. The lowest BCUT2D eigenvalue weighted by Gasteiger charge is -2.13. The Kier molecular flexibility index (Phi) is 4.39. The predicted octanol–water partition coefficient (Wildman–Crippen LogP) is 0.892. The van der Waals surface area contributed by atoms with Crippen molar-refractivity contribution in [3.63, 3.8) is 0 Å². The highest BCUT2D eigenvalue weighted by Gasteiger charge is 2.25. The van der Waals surface area contributed by atoms with Gasteiger partial charge in [0.2, 0.25) is 0 Å². The van der Waals surface area contributed by atoms with E-state index in [1.165, 1.54) is 0 Å². The predicted molar refractivity (Wildman–Crippen MR) is 77.3 cm³/mol. The Morgan fingerprint density at radius 2 is 1.90 bits per heavy atom. The normalized spacial score (nSPS) is 16.7. The summed E-state index contributed by atoms with van der Waals surface area (Å²) in [5.74, 6) is -0.196. The molecule has 0 saturated heterocycles. The van der Waals surface area contributed by atoms with Crippen molar-refractivity contribution >= 4 is 21.4 Å². The standard InChI is InChI=1S/C12H17ClN2O4S/c1-20(18,19)7-6-15-11(16)9(8-4-2-3-5-8)10(13)14-12(15)17/h8H,2-7H2,1H3,(H,14,17). The smallest absolute Gasteiger partial charge is 0.297 e. The molecule has 8 heteroatoms. The lowest BCUT2D eigenvalue weighted by atomic mass is 10.0. The van der Waals surface area contributed by atoms with E-state index in [1.807, 2.05) is 0 Å². The van der Waals surface area contributed by atoms with Crippen LogP contribution >= 0.6 is 11.6 Å². The second kappa shape index (κ2) is 5.73. The van der Waals surface area contributed by atoms with Crippen molar-refractivity contribution in [1.82, 2.24) is 9.55 Å². The van der Waals surface area contributed by atoms with Gasteiger partial charge in [-0.1, -0.05) is 24.4 Å². The van der Waals surface area contributed by atoms with Crippen LogP contribution in [0.5, 0.6) is 0 Å². The molecular formula is C12H17ClN2O4S. The van der Waals surface area contributed by atoms with E-state index in [1.54, 1.807) is 0 Å². The molecule has 1 heterocycles. The third kappa shape index (κ3) is 3.32. The van der Waals surface area contributed by atoms with E-state index in [2.05, 4.69) is 4.98 Å². The summed E-state index contributed by atoms with van der Waals surface area (Å²) in [6, 6.07) is 0. The molecule has 1 aromatic heterocycles.